The van der Waals surface area contributed by atoms with Crippen molar-refractivity contribution < 1.29 is 22.7 Å². The Kier molecular flexibility index (Phi) is 5.90. The summed E-state index contributed by atoms with van der Waals surface area (Å²) in [4.78, 5) is 18.5. The fourth-order valence-electron chi connectivity index (χ4n) is 3.14. The van der Waals surface area contributed by atoms with Gasteiger partial charge >= 0.3 is 0 Å². The summed E-state index contributed by atoms with van der Waals surface area (Å²) in [6, 6.07) is 4.99. The van der Waals surface area contributed by atoms with Crippen molar-refractivity contribution in [1.82, 2.24) is 18.8 Å². The minimum absolute atomic E-state index is 0.0228. The van der Waals surface area contributed by atoms with Crippen molar-refractivity contribution >= 4 is 15.9 Å². The quantitative estimate of drug-likeness (QED) is 0.732. The molecule has 0 saturated carbocycles. The lowest BCUT2D eigenvalue weighted by Crippen LogP contribution is -2.37. The molecule has 1 amide bonds. The van der Waals surface area contributed by atoms with Gasteiger partial charge in [0.25, 0.3) is 15.9 Å². The van der Waals surface area contributed by atoms with Crippen LogP contribution in [0.5, 0.6) is 11.5 Å². The fraction of sp³-hybridized carbons (Fsp3) is 0.444. The molecule has 3 rings (SSSR count). The summed E-state index contributed by atoms with van der Waals surface area (Å²) in [6.07, 6.45) is 3.48. The SMILES string of the molecule is COc1ccc(C(=O)N2CCCN(S(=O)(=O)c3cn(C)cn3)CC2)cc1OC. The van der Waals surface area contributed by atoms with E-state index in [0.29, 0.717) is 43.1 Å². The molecule has 0 aliphatic carbocycles. The monoisotopic (exact) mass is 408 g/mol. The highest BCUT2D eigenvalue weighted by atomic mass is 32.2. The summed E-state index contributed by atoms with van der Waals surface area (Å²) >= 11 is 0. The molecule has 0 unspecified atom stereocenters. The molecule has 0 atom stereocenters. The predicted octanol–water partition coefficient (Wildman–Crippen LogP) is 0.974. The van der Waals surface area contributed by atoms with Crippen LogP contribution in [0.3, 0.4) is 0 Å². The molecule has 1 fully saturated rings. The van der Waals surface area contributed by atoms with E-state index in [0.717, 1.165) is 0 Å². The second-order valence-electron chi connectivity index (χ2n) is 6.50. The van der Waals surface area contributed by atoms with Crippen LogP contribution in [0.1, 0.15) is 16.8 Å². The molecule has 0 bridgehead atoms. The summed E-state index contributed by atoms with van der Waals surface area (Å²) in [7, 11) is 1.09. The Hall–Kier alpha value is -2.59. The van der Waals surface area contributed by atoms with E-state index in [4.69, 9.17) is 9.47 Å². The smallest absolute Gasteiger partial charge is 0.262 e. The van der Waals surface area contributed by atoms with Crippen LogP contribution in [0, 0.1) is 0 Å². The number of hydrogen-bond donors (Lipinski definition) is 0. The number of rotatable bonds is 5. The largest absolute Gasteiger partial charge is 0.493 e. The molecule has 1 aliphatic rings. The Morgan fingerprint density at radius 1 is 1.07 bits per heavy atom. The first kappa shape index (κ1) is 20.2. The molecule has 0 N–H and O–H groups in total. The summed E-state index contributed by atoms with van der Waals surface area (Å²) < 4.78 is 39.0. The zero-order valence-electron chi connectivity index (χ0n) is 16.2. The number of ether oxygens (including phenoxy) is 2. The first-order chi connectivity index (χ1) is 13.4. The molecule has 1 aromatic carbocycles. The normalized spacial score (nSPS) is 15.9. The molecule has 0 spiro atoms. The number of carbonyl (C=O) groups excluding carboxylic acids is 1. The van der Waals surface area contributed by atoms with Crippen LogP contribution in [0.2, 0.25) is 0 Å². The second kappa shape index (κ2) is 8.19. The van der Waals surface area contributed by atoms with E-state index in [1.54, 1.807) is 34.7 Å². The highest BCUT2D eigenvalue weighted by Gasteiger charge is 2.30. The van der Waals surface area contributed by atoms with E-state index in [-0.39, 0.29) is 17.5 Å². The third-order valence-corrected chi connectivity index (χ3v) is 6.44. The predicted molar refractivity (Wildman–Crippen MR) is 102 cm³/mol. The van der Waals surface area contributed by atoms with Crippen molar-refractivity contribution in [3.8, 4) is 11.5 Å². The number of aryl methyl sites for hydroxylation is 1. The summed E-state index contributed by atoms with van der Waals surface area (Å²) in [6.45, 7) is 1.34. The zero-order chi connectivity index (χ0) is 20.3. The summed E-state index contributed by atoms with van der Waals surface area (Å²) in [5.41, 5.74) is 0.471. The Labute approximate surface area is 164 Å². The molecule has 0 radical (unpaired) electrons. The van der Waals surface area contributed by atoms with E-state index in [2.05, 4.69) is 4.98 Å². The minimum Gasteiger partial charge on any atom is -0.493 e. The van der Waals surface area contributed by atoms with Gasteiger partial charge in [-0.05, 0) is 24.6 Å². The third kappa shape index (κ3) is 3.97. The molecule has 9 nitrogen and oxygen atoms in total. The number of amides is 1. The standard InChI is InChI=1S/C18H24N4O5S/c1-20-12-17(19-13-20)28(24,25)22-8-4-7-21(9-10-22)18(23)14-5-6-15(26-2)16(11-14)27-3/h5-6,11-13H,4,7-10H2,1-3H3. The minimum atomic E-state index is -3.67. The highest BCUT2D eigenvalue weighted by Crippen LogP contribution is 2.28. The van der Waals surface area contributed by atoms with Gasteiger partial charge in [0.15, 0.2) is 16.5 Å². The Balaban J connectivity index is 1.74. The van der Waals surface area contributed by atoms with Gasteiger partial charge in [-0.15, -0.1) is 0 Å². The summed E-state index contributed by atoms with van der Waals surface area (Å²) in [5, 5.41) is 0.0228. The summed E-state index contributed by atoms with van der Waals surface area (Å²) in [5.74, 6) is 0.850. The Morgan fingerprint density at radius 3 is 2.46 bits per heavy atom. The zero-order valence-corrected chi connectivity index (χ0v) is 17.0. The van der Waals surface area contributed by atoms with Crippen molar-refractivity contribution in [3.63, 3.8) is 0 Å². The van der Waals surface area contributed by atoms with Gasteiger partial charge in [-0.1, -0.05) is 0 Å². The molecule has 2 heterocycles. The number of sulfonamides is 1. The molecule has 152 valence electrons. The Morgan fingerprint density at radius 2 is 1.82 bits per heavy atom. The number of benzene rings is 1. The van der Waals surface area contributed by atoms with Gasteiger partial charge in [0, 0.05) is 45.0 Å². The van der Waals surface area contributed by atoms with Crippen LogP contribution < -0.4 is 9.47 Å². The Bertz CT molecular complexity index is 957. The molecule has 2 aromatic rings. The van der Waals surface area contributed by atoms with Crippen molar-refractivity contribution in [2.24, 2.45) is 7.05 Å². The molecule has 1 aliphatic heterocycles. The van der Waals surface area contributed by atoms with Gasteiger partial charge in [0.05, 0.1) is 20.5 Å². The first-order valence-electron chi connectivity index (χ1n) is 8.86. The lowest BCUT2D eigenvalue weighted by molar-refractivity contribution is 0.0764. The van der Waals surface area contributed by atoms with Crippen molar-refractivity contribution in [3.05, 3.63) is 36.3 Å². The third-order valence-electron chi connectivity index (χ3n) is 4.66. The number of hydrogen-bond acceptors (Lipinski definition) is 6. The van der Waals surface area contributed by atoms with Crippen molar-refractivity contribution in [2.45, 2.75) is 11.4 Å². The second-order valence-corrected chi connectivity index (χ2v) is 8.38. The van der Waals surface area contributed by atoms with Crippen LogP contribution in [-0.2, 0) is 17.1 Å². The lowest BCUT2D eigenvalue weighted by Gasteiger charge is -2.22. The fourth-order valence-corrected chi connectivity index (χ4v) is 4.58. The maximum Gasteiger partial charge on any atom is 0.262 e. The molecule has 28 heavy (non-hydrogen) atoms. The van der Waals surface area contributed by atoms with Crippen molar-refractivity contribution in [1.29, 1.82) is 0 Å². The maximum atomic E-state index is 12.9. The van der Waals surface area contributed by atoms with E-state index < -0.39 is 10.0 Å². The van der Waals surface area contributed by atoms with Crippen LogP contribution >= 0.6 is 0 Å². The van der Waals surface area contributed by atoms with Crippen LogP contribution in [0.4, 0.5) is 0 Å². The van der Waals surface area contributed by atoms with E-state index in [1.165, 1.54) is 31.0 Å². The van der Waals surface area contributed by atoms with Crippen LogP contribution in [0.15, 0.2) is 35.7 Å². The van der Waals surface area contributed by atoms with Gasteiger partial charge in [0.1, 0.15) is 0 Å². The number of aromatic nitrogens is 2. The lowest BCUT2D eigenvalue weighted by atomic mass is 10.1. The molecule has 1 saturated heterocycles. The molecular formula is C18H24N4O5S. The van der Waals surface area contributed by atoms with E-state index in [9.17, 15) is 13.2 Å². The molecule has 1 aromatic heterocycles. The van der Waals surface area contributed by atoms with Gasteiger partial charge in [0.2, 0.25) is 0 Å². The average Bonchev–Trinajstić information content (AvgIpc) is 2.99. The number of methoxy groups -OCH3 is 2. The van der Waals surface area contributed by atoms with Gasteiger partial charge in [-0.25, -0.2) is 13.4 Å². The topological polar surface area (TPSA) is 94.0 Å². The van der Waals surface area contributed by atoms with Crippen LogP contribution in [0.25, 0.3) is 0 Å². The van der Waals surface area contributed by atoms with Gasteiger partial charge in [-0.3, -0.25) is 4.79 Å². The van der Waals surface area contributed by atoms with E-state index in [1.807, 2.05) is 0 Å². The van der Waals surface area contributed by atoms with Crippen LogP contribution in [-0.4, -0.2) is 73.5 Å². The number of imidazole rings is 1. The van der Waals surface area contributed by atoms with Gasteiger partial charge in [-0.2, -0.15) is 4.31 Å². The first-order valence-corrected chi connectivity index (χ1v) is 10.3. The average molecular weight is 408 g/mol. The molecular weight excluding hydrogens is 384 g/mol. The highest BCUT2D eigenvalue weighted by molar-refractivity contribution is 7.89. The van der Waals surface area contributed by atoms with Crippen molar-refractivity contribution in [2.75, 3.05) is 40.4 Å². The van der Waals surface area contributed by atoms with E-state index >= 15 is 0 Å². The number of carbonyl (C=O) groups is 1. The maximum absolute atomic E-state index is 12.9. The number of nitrogens with zero attached hydrogens (tertiary/aromatic N) is 4. The van der Waals surface area contributed by atoms with Gasteiger partial charge < -0.3 is 18.9 Å². The molecule has 10 heteroatoms.